The van der Waals surface area contributed by atoms with E-state index in [1.165, 1.54) is 4.90 Å². The predicted molar refractivity (Wildman–Crippen MR) is 99.2 cm³/mol. The van der Waals surface area contributed by atoms with Crippen molar-refractivity contribution in [2.45, 2.75) is 0 Å². The molecule has 1 amide bonds. The van der Waals surface area contributed by atoms with Gasteiger partial charge in [-0.2, -0.15) is 0 Å². The van der Waals surface area contributed by atoms with E-state index in [0.717, 1.165) is 5.39 Å². The van der Waals surface area contributed by atoms with Gasteiger partial charge < -0.3 is 14.6 Å². The second kappa shape index (κ2) is 6.20. The number of rotatable bonds is 3. The van der Waals surface area contributed by atoms with Gasteiger partial charge in [0.05, 0.1) is 24.5 Å². The Morgan fingerprint density at radius 3 is 2.88 bits per heavy atom. The molecule has 1 N–H and O–H groups in total. The van der Waals surface area contributed by atoms with Crippen molar-refractivity contribution in [3.63, 3.8) is 0 Å². The molecule has 0 fully saturated rings. The monoisotopic (exact) mass is 418 g/mol. The summed E-state index contributed by atoms with van der Waals surface area (Å²) in [6.45, 7) is 0.160. The number of benzene rings is 2. The Morgan fingerprint density at radius 1 is 1.28 bits per heavy atom. The van der Waals surface area contributed by atoms with Crippen LogP contribution in [0.15, 0.2) is 51.4 Å². The number of furan rings is 1. The van der Waals surface area contributed by atoms with E-state index in [1.54, 1.807) is 24.3 Å². The van der Waals surface area contributed by atoms with Crippen LogP contribution in [0, 0.1) is 0 Å². The third kappa shape index (κ3) is 2.92. The van der Waals surface area contributed by atoms with Gasteiger partial charge in [-0.1, -0.05) is 29.8 Å². The lowest BCUT2D eigenvalue weighted by molar-refractivity contribution is 0.0705. The first-order chi connectivity index (χ1) is 12.0. The molecular weight excluding hydrogens is 408 g/mol. The highest BCUT2D eigenvalue weighted by molar-refractivity contribution is 9.10. The number of Topliss-reactive ketones (excluding diaryl/α,β-unsaturated/α-hetero) is 1. The summed E-state index contributed by atoms with van der Waals surface area (Å²) < 4.78 is 6.29. The molecule has 1 aliphatic rings. The summed E-state index contributed by atoms with van der Waals surface area (Å²) in [4.78, 5) is 26.6. The third-order valence-corrected chi connectivity index (χ3v) is 4.90. The molecule has 3 aromatic rings. The second-order valence-electron chi connectivity index (χ2n) is 5.72. The molecule has 4 rings (SSSR count). The minimum atomic E-state index is -0.254. The predicted octanol–water partition coefficient (Wildman–Crippen LogP) is 4.56. The van der Waals surface area contributed by atoms with Crippen LogP contribution in [-0.2, 0) is 0 Å². The minimum Gasteiger partial charge on any atom is -0.453 e. The van der Waals surface area contributed by atoms with Gasteiger partial charge in [0.15, 0.2) is 5.76 Å². The first-order valence-electron chi connectivity index (χ1n) is 7.57. The molecule has 0 radical (unpaired) electrons. The van der Waals surface area contributed by atoms with Gasteiger partial charge in [0.25, 0.3) is 5.91 Å². The molecule has 0 spiro atoms. The molecule has 2 aromatic carbocycles. The molecule has 1 aliphatic heterocycles. The summed E-state index contributed by atoms with van der Waals surface area (Å²) >= 11 is 9.42. The summed E-state index contributed by atoms with van der Waals surface area (Å²) in [5.74, 6) is -0.260. The zero-order valence-electron chi connectivity index (χ0n) is 12.9. The van der Waals surface area contributed by atoms with E-state index in [0.29, 0.717) is 26.3 Å². The van der Waals surface area contributed by atoms with Crippen molar-refractivity contribution in [3.8, 4) is 0 Å². The highest BCUT2D eigenvalue weighted by atomic mass is 79.9. The number of amides is 1. The van der Waals surface area contributed by atoms with Crippen molar-refractivity contribution < 1.29 is 14.0 Å². The van der Waals surface area contributed by atoms with Gasteiger partial charge >= 0.3 is 0 Å². The van der Waals surface area contributed by atoms with Gasteiger partial charge in [0.2, 0.25) is 5.78 Å². The summed E-state index contributed by atoms with van der Waals surface area (Å²) in [5.41, 5.74) is 1.76. The number of anilines is 1. The number of fused-ring (bicyclic) bond motifs is 2. The maximum Gasteiger partial charge on any atom is 0.257 e. The SMILES string of the molecule is O=C(CN1CNc2c(Br)cc(Cl)cc2C1=O)c1cc2ccccc2o1. The Labute approximate surface area is 156 Å². The van der Waals surface area contributed by atoms with Gasteiger partial charge in [-0.25, -0.2) is 0 Å². The summed E-state index contributed by atoms with van der Waals surface area (Å²) in [6.07, 6.45) is 0. The standard InChI is InChI=1S/C18H12BrClN2O3/c19-13-7-11(20)6-12-17(13)21-9-22(18(12)24)8-14(23)16-5-10-3-1-2-4-15(10)25-16/h1-7,21H,8-9H2. The number of nitrogens with zero attached hydrogens (tertiary/aromatic N) is 1. The maximum atomic E-state index is 12.7. The van der Waals surface area contributed by atoms with E-state index in [1.807, 2.05) is 18.2 Å². The summed E-state index contributed by atoms with van der Waals surface area (Å²) in [7, 11) is 0. The average molecular weight is 420 g/mol. The third-order valence-electron chi connectivity index (χ3n) is 4.05. The number of hydrogen-bond donors (Lipinski definition) is 1. The maximum absolute atomic E-state index is 12.7. The van der Waals surface area contributed by atoms with Crippen LogP contribution in [0.3, 0.4) is 0 Å². The topological polar surface area (TPSA) is 62.6 Å². The second-order valence-corrected chi connectivity index (χ2v) is 7.01. The first kappa shape index (κ1) is 16.2. The van der Waals surface area contributed by atoms with E-state index < -0.39 is 0 Å². The number of carbonyl (C=O) groups is 2. The van der Waals surface area contributed by atoms with Crippen LogP contribution in [0.25, 0.3) is 11.0 Å². The molecule has 0 saturated carbocycles. The highest BCUT2D eigenvalue weighted by Crippen LogP contribution is 2.33. The molecule has 1 aromatic heterocycles. The zero-order chi connectivity index (χ0) is 17.6. The van der Waals surface area contributed by atoms with Crippen LogP contribution in [0.5, 0.6) is 0 Å². The largest absolute Gasteiger partial charge is 0.453 e. The summed E-state index contributed by atoms with van der Waals surface area (Å²) in [6, 6.07) is 12.4. The van der Waals surface area contributed by atoms with E-state index in [2.05, 4.69) is 21.2 Å². The molecule has 5 nitrogen and oxygen atoms in total. The van der Waals surface area contributed by atoms with Crippen LogP contribution in [0.4, 0.5) is 5.69 Å². The quantitative estimate of drug-likeness (QED) is 0.632. The van der Waals surface area contributed by atoms with Crippen LogP contribution >= 0.6 is 27.5 Å². The molecule has 0 aliphatic carbocycles. The van der Waals surface area contributed by atoms with Crippen molar-refractivity contribution in [3.05, 3.63) is 63.3 Å². The number of carbonyl (C=O) groups excluding carboxylic acids is 2. The fourth-order valence-corrected chi connectivity index (χ4v) is 3.79. The molecule has 25 heavy (non-hydrogen) atoms. The van der Waals surface area contributed by atoms with Gasteiger partial charge in [0.1, 0.15) is 5.58 Å². The van der Waals surface area contributed by atoms with Crippen molar-refractivity contribution in [1.29, 1.82) is 0 Å². The van der Waals surface area contributed by atoms with Crippen LogP contribution in [0.1, 0.15) is 20.9 Å². The minimum absolute atomic E-state index is 0.0742. The Morgan fingerprint density at radius 2 is 2.08 bits per heavy atom. The smallest absolute Gasteiger partial charge is 0.257 e. The Hall–Kier alpha value is -2.31. The Bertz CT molecular complexity index is 982. The highest BCUT2D eigenvalue weighted by Gasteiger charge is 2.28. The van der Waals surface area contributed by atoms with Gasteiger partial charge in [0, 0.05) is 14.9 Å². The van der Waals surface area contributed by atoms with Gasteiger partial charge in [-0.3, -0.25) is 9.59 Å². The van der Waals surface area contributed by atoms with Crippen LogP contribution < -0.4 is 5.32 Å². The molecule has 0 bridgehead atoms. The molecule has 7 heteroatoms. The summed E-state index contributed by atoms with van der Waals surface area (Å²) in [5, 5.41) is 4.45. The van der Waals surface area contributed by atoms with Crippen molar-refractivity contribution in [1.82, 2.24) is 4.90 Å². The van der Waals surface area contributed by atoms with Crippen LogP contribution in [-0.4, -0.2) is 29.8 Å². The number of para-hydroxylation sites is 1. The van der Waals surface area contributed by atoms with Crippen molar-refractivity contribution in [2.24, 2.45) is 0 Å². The van der Waals surface area contributed by atoms with E-state index in [9.17, 15) is 9.59 Å². The van der Waals surface area contributed by atoms with Crippen LogP contribution in [0.2, 0.25) is 5.02 Å². The van der Waals surface area contributed by atoms with E-state index in [4.69, 9.17) is 16.0 Å². The normalized spacial score (nSPS) is 13.7. The van der Waals surface area contributed by atoms with Crippen molar-refractivity contribution >= 4 is 55.9 Å². The number of hydrogen-bond acceptors (Lipinski definition) is 4. The van der Waals surface area contributed by atoms with Crippen molar-refractivity contribution in [2.75, 3.05) is 18.5 Å². The Balaban J connectivity index is 1.58. The van der Waals surface area contributed by atoms with Gasteiger partial charge in [-0.15, -0.1) is 0 Å². The lowest BCUT2D eigenvalue weighted by Gasteiger charge is -2.29. The average Bonchev–Trinajstić information content (AvgIpc) is 3.02. The lowest BCUT2D eigenvalue weighted by atomic mass is 10.1. The van der Waals surface area contributed by atoms with E-state index in [-0.39, 0.29) is 30.7 Å². The molecule has 126 valence electrons. The lowest BCUT2D eigenvalue weighted by Crippen LogP contribution is -2.43. The molecule has 2 heterocycles. The van der Waals surface area contributed by atoms with Gasteiger partial charge in [-0.05, 0) is 40.2 Å². The number of ketones is 1. The first-order valence-corrected chi connectivity index (χ1v) is 8.74. The molecule has 0 saturated heterocycles. The zero-order valence-corrected chi connectivity index (χ0v) is 15.2. The number of halogens is 2. The van der Waals surface area contributed by atoms with E-state index >= 15 is 0 Å². The molecule has 0 unspecified atom stereocenters. The fraction of sp³-hybridized carbons (Fsp3) is 0.111. The fourth-order valence-electron chi connectivity index (χ4n) is 2.84. The number of nitrogens with one attached hydrogen (secondary N) is 1. The Kier molecular flexibility index (Phi) is 4.01. The molecular formula is C18H12BrClN2O3. The molecule has 0 atom stereocenters.